The summed E-state index contributed by atoms with van der Waals surface area (Å²) >= 11 is 1.60. The fraction of sp³-hybridized carbons (Fsp3) is 0.476. The van der Waals surface area contributed by atoms with Crippen molar-refractivity contribution < 1.29 is 14.3 Å². The van der Waals surface area contributed by atoms with E-state index in [0.717, 1.165) is 78.6 Å². The third-order valence-electron chi connectivity index (χ3n) is 5.12. The zero-order valence-electron chi connectivity index (χ0n) is 15.2. The van der Waals surface area contributed by atoms with Gasteiger partial charge < -0.3 is 14.4 Å². The first-order valence-electron chi connectivity index (χ1n) is 9.45. The largest absolute Gasteiger partial charge is 0.490 e. The Balaban J connectivity index is 1.47. The Hall–Kier alpha value is -1.85. The second kappa shape index (κ2) is 7.80. The van der Waals surface area contributed by atoms with Gasteiger partial charge in [-0.05, 0) is 61.2 Å². The van der Waals surface area contributed by atoms with E-state index in [1.165, 1.54) is 0 Å². The van der Waals surface area contributed by atoms with E-state index >= 15 is 0 Å². The molecule has 0 N–H and O–H groups in total. The fourth-order valence-electron chi connectivity index (χ4n) is 3.58. The molecular weight excluding hydrogens is 346 g/mol. The number of nitrogens with zero attached hydrogens (tertiary/aromatic N) is 1. The van der Waals surface area contributed by atoms with Crippen LogP contribution in [0.4, 0.5) is 0 Å². The number of benzene rings is 1. The molecule has 138 valence electrons. The summed E-state index contributed by atoms with van der Waals surface area (Å²) in [6, 6.07) is 10.4. The number of carbonyl (C=O) groups is 1. The third kappa shape index (κ3) is 3.79. The molecule has 2 fully saturated rings. The first-order valence-corrected chi connectivity index (χ1v) is 10.3. The molecule has 0 spiro atoms. The first kappa shape index (κ1) is 17.6. The second-order valence-corrected chi connectivity index (χ2v) is 8.13. The average Bonchev–Trinajstić information content (AvgIpc) is 3.33. The van der Waals surface area contributed by atoms with Crippen molar-refractivity contribution in [2.45, 2.75) is 38.7 Å². The zero-order chi connectivity index (χ0) is 17.9. The number of ether oxygens (including phenoxy) is 2. The van der Waals surface area contributed by atoms with E-state index in [-0.39, 0.29) is 12.0 Å². The number of aryl methyl sites for hydroxylation is 1. The molecule has 4 nitrogen and oxygen atoms in total. The number of amides is 1. The maximum absolute atomic E-state index is 12.7. The summed E-state index contributed by atoms with van der Waals surface area (Å²) in [5.74, 6) is 1.10. The molecule has 1 amide bonds. The van der Waals surface area contributed by atoms with Crippen molar-refractivity contribution in [1.29, 1.82) is 0 Å². The second-order valence-electron chi connectivity index (χ2n) is 7.08. The lowest BCUT2D eigenvalue weighted by molar-refractivity contribution is 0.0256. The van der Waals surface area contributed by atoms with Gasteiger partial charge in [-0.1, -0.05) is 0 Å². The van der Waals surface area contributed by atoms with Crippen LogP contribution in [0.3, 0.4) is 0 Å². The fourth-order valence-corrected chi connectivity index (χ4v) is 4.73. The van der Waals surface area contributed by atoms with E-state index in [4.69, 9.17) is 9.47 Å². The molecule has 2 aromatic rings. The van der Waals surface area contributed by atoms with Gasteiger partial charge in [0.2, 0.25) is 0 Å². The summed E-state index contributed by atoms with van der Waals surface area (Å²) in [6.07, 6.45) is 4.40. The highest BCUT2D eigenvalue weighted by Gasteiger charge is 2.23. The van der Waals surface area contributed by atoms with E-state index in [2.05, 4.69) is 18.2 Å². The Bertz CT molecular complexity index is 756. The lowest BCUT2D eigenvalue weighted by Gasteiger charge is -2.23. The van der Waals surface area contributed by atoms with E-state index in [9.17, 15) is 4.79 Å². The van der Waals surface area contributed by atoms with Gasteiger partial charge in [-0.25, -0.2) is 0 Å². The van der Waals surface area contributed by atoms with Crippen molar-refractivity contribution in [2.75, 3.05) is 26.3 Å². The van der Waals surface area contributed by atoms with Crippen LogP contribution in [0.25, 0.3) is 10.4 Å². The lowest BCUT2D eigenvalue weighted by Crippen LogP contribution is -2.27. The molecule has 1 aromatic carbocycles. The number of carbonyl (C=O) groups excluding carboxylic acids is 1. The van der Waals surface area contributed by atoms with Crippen LogP contribution in [0, 0.1) is 6.92 Å². The minimum Gasteiger partial charge on any atom is -0.490 e. The normalized spacial score (nSPS) is 18.3. The highest BCUT2D eigenvalue weighted by Crippen LogP contribution is 2.33. The number of thiophene rings is 1. The number of rotatable bonds is 4. The van der Waals surface area contributed by atoms with Crippen LogP contribution in [0.15, 0.2) is 30.3 Å². The smallest absolute Gasteiger partial charge is 0.264 e. The van der Waals surface area contributed by atoms with Gasteiger partial charge in [0.1, 0.15) is 11.9 Å². The Kier molecular flexibility index (Phi) is 5.27. The van der Waals surface area contributed by atoms with Gasteiger partial charge in [-0.15, -0.1) is 11.3 Å². The molecule has 3 heterocycles. The van der Waals surface area contributed by atoms with E-state index in [0.29, 0.717) is 0 Å². The molecule has 1 aromatic heterocycles. The van der Waals surface area contributed by atoms with Crippen LogP contribution < -0.4 is 4.74 Å². The van der Waals surface area contributed by atoms with Crippen LogP contribution in [0.5, 0.6) is 5.75 Å². The molecule has 0 saturated carbocycles. The quantitative estimate of drug-likeness (QED) is 0.793. The van der Waals surface area contributed by atoms with Crippen LogP contribution in [0.1, 0.15) is 40.9 Å². The lowest BCUT2D eigenvalue weighted by atomic mass is 10.1. The van der Waals surface area contributed by atoms with Crippen LogP contribution in [0.2, 0.25) is 0 Å². The molecule has 0 radical (unpaired) electrons. The monoisotopic (exact) mass is 371 g/mol. The van der Waals surface area contributed by atoms with Crippen LogP contribution in [-0.4, -0.2) is 43.2 Å². The maximum atomic E-state index is 12.7. The molecule has 2 aliphatic heterocycles. The Labute approximate surface area is 158 Å². The van der Waals surface area contributed by atoms with Gasteiger partial charge in [0, 0.05) is 30.8 Å². The Morgan fingerprint density at radius 2 is 1.85 bits per heavy atom. The molecule has 0 bridgehead atoms. The van der Waals surface area contributed by atoms with Crippen molar-refractivity contribution in [2.24, 2.45) is 0 Å². The Morgan fingerprint density at radius 1 is 1.15 bits per heavy atom. The SMILES string of the molecule is Cc1cc(-c2ccc(OC3CCOCC3)cc2)sc1C(=O)N1CCCC1. The maximum Gasteiger partial charge on any atom is 0.264 e. The summed E-state index contributed by atoms with van der Waals surface area (Å²) in [5, 5.41) is 0. The van der Waals surface area contributed by atoms with Crippen molar-refractivity contribution >= 4 is 17.2 Å². The Morgan fingerprint density at radius 3 is 2.54 bits per heavy atom. The predicted molar refractivity (Wildman–Crippen MR) is 104 cm³/mol. The van der Waals surface area contributed by atoms with Gasteiger partial charge >= 0.3 is 0 Å². The molecule has 2 saturated heterocycles. The van der Waals surface area contributed by atoms with E-state index in [1.54, 1.807) is 11.3 Å². The minimum atomic E-state index is 0.190. The van der Waals surface area contributed by atoms with Gasteiger partial charge in [0.25, 0.3) is 5.91 Å². The molecule has 2 aliphatic rings. The van der Waals surface area contributed by atoms with Crippen molar-refractivity contribution in [3.05, 3.63) is 40.8 Å². The summed E-state index contributed by atoms with van der Waals surface area (Å²) in [6.45, 7) is 5.38. The highest BCUT2D eigenvalue weighted by atomic mass is 32.1. The zero-order valence-corrected chi connectivity index (χ0v) is 16.0. The summed E-state index contributed by atoms with van der Waals surface area (Å²) in [7, 11) is 0. The molecule has 0 aliphatic carbocycles. The number of hydrogen-bond acceptors (Lipinski definition) is 4. The van der Waals surface area contributed by atoms with Gasteiger partial charge in [-0.2, -0.15) is 0 Å². The van der Waals surface area contributed by atoms with Crippen molar-refractivity contribution in [1.82, 2.24) is 4.90 Å². The molecule has 26 heavy (non-hydrogen) atoms. The van der Waals surface area contributed by atoms with E-state index < -0.39 is 0 Å². The first-order chi connectivity index (χ1) is 12.7. The number of likely N-dealkylation sites (tertiary alicyclic amines) is 1. The standard InChI is InChI=1S/C21H25NO3S/c1-15-14-19(26-20(15)21(23)22-10-2-3-11-22)16-4-6-17(7-5-16)25-18-8-12-24-13-9-18/h4-7,14,18H,2-3,8-13H2,1H3. The molecule has 0 atom stereocenters. The molecule has 0 unspecified atom stereocenters. The number of hydrogen-bond donors (Lipinski definition) is 0. The highest BCUT2D eigenvalue weighted by molar-refractivity contribution is 7.17. The predicted octanol–water partition coefficient (Wildman–Crippen LogP) is 4.52. The molecule has 5 heteroatoms. The molecule has 4 rings (SSSR count). The topological polar surface area (TPSA) is 38.8 Å². The molecular formula is C21H25NO3S. The third-order valence-corrected chi connectivity index (χ3v) is 6.39. The van der Waals surface area contributed by atoms with Crippen LogP contribution in [-0.2, 0) is 4.74 Å². The van der Waals surface area contributed by atoms with E-state index in [1.807, 2.05) is 24.0 Å². The summed E-state index contributed by atoms with van der Waals surface area (Å²) in [4.78, 5) is 16.7. The van der Waals surface area contributed by atoms with Gasteiger partial charge in [-0.3, -0.25) is 4.79 Å². The van der Waals surface area contributed by atoms with Crippen LogP contribution >= 0.6 is 11.3 Å². The average molecular weight is 372 g/mol. The van der Waals surface area contributed by atoms with Crippen molar-refractivity contribution in [3.63, 3.8) is 0 Å². The minimum absolute atomic E-state index is 0.190. The van der Waals surface area contributed by atoms with Gasteiger partial charge in [0.05, 0.1) is 18.1 Å². The summed E-state index contributed by atoms with van der Waals surface area (Å²) < 4.78 is 11.4. The van der Waals surface area contributed by atoms with Crippen molar-refractivity contribution in [3.8, 4) is 16.2 Å². The van der Waals surface area contributed by atoms with Gasteiger partial charge in [0.15, 0.2) is 0 Å². The summed E-state index contributed by atoms with van der Waals surface area (Å²) in [5.41, 5.74) is 2.21.